The van der Waals surface area contributed by atoms with E-state index in [0.29, 0.717) is 23.6 Å². The van der Waals surface area contributed by atoms with E-state index >= 15 is 0 Å². The molecule has 76 valence electrons. The lowest BCUT2D eigenvalue weighted by Crippen LogP contribution is -2.11. The van der Waals surface area contributed by atoms with Crippen LogP contribution in [-0.4, -0.2) is 11.6 Å². The van der Waals surface area contributed by atoms with Crippen LogP contribution in [0.15, 0.2) is 24.3 Å². The van der Waals surface area contributed by atoms with Gasteiger partial charge in [0, 0.05) is 12.0 Å². The zero-order valence-corrected chi connectivity index (χ0v) is 8.52. The third-order valence-electron chi connectivity index (χ3n) is 1.71. The standard InChI is InChI=1S/C10H12FNOS/c11-9-4-2-1-3-8(9)7-13-6-5-10(12)14/h1-4H,5-7H2,(H2,12,14). The van der Waals surface area contributed by atoms with E-state index in [9.17, 15) is 4.39 Å². The van der Waals surface area contributed by atoms with Crippen LogP contribution in [0.25, 0.3) is 0 Å². The molecule has 0 aliphatic heterocycles. The molecule has 1 aromatic rings. The fourth-order valence-corrected chi connectivity index (χ4v) is 1.05. The Labute approximate surface area is 87.9 Å². The van der Waals surface area contributed by atoms with Crippen molar-refractivity contribution in [2.24, 2.45) is 5.73 Å². The monoisotopic (exact) mass is 213 g/mol. The van der Waals surface area contributed by atoms with Gasteiger partial charge in [0.15, 0.2) is 0 Å². The molecule has 0 aliphatic rings. The summed E-state index contributed by atoms with van der Waals surface area (Å²) in [4.78, 5) is 0.415. The molecule has 0 saturated carbocycles. The van der Waals surface area contributed by atoms with E-state index in [0.717, 1.165) is 0 Å². The quantitative estimate of drug-likeness (QED) is 0.600. The van der Waals surface area contributed by atoms with Crippen LogP contribution in [0.1, 0.15) is 12.0 Å². The molecule has 0 aromatic heterocycles. The highest BCUT2D eigenvalue weighted by molar-refractivity contribution is 7.80. The number of thiocarbonyl (C=S) groups is 1. The lowest BCUT2D eigenvalue weighted by Gasteiger charge is -2.04. The van der Waals surface area contributed by atoms with Gasteiger partial charge >= 0.3 is 0 Å². The second-order valence-corrected chi connectivity index (χ2v) is 3.38. The van der Waals surface area contributed by atoms with Crippen LogP contribution in [0.2, 0.25) is 0 Å². The maximum absolute atomic E-state index is 13.0. The highest BCUT2D eigenvalue weighted by atomic mass is 32.1. The highest BCUT2D eigenvalue weighted by Gasteiger charge is 1.99. The largest absolute Gasteiger partial charge is 0.393 e. The lowest BCUT2D eigenvalue weighted by molar-refractivity contribution is 0.125. The number of halogens is 1. The van der Waals surface area contributed by atoms with E-state index in [-0.39, 0.29) is 12.4 Å². The molecule has 0 fully saturated rings. The van der Waals surface area contributed by atoms with Crippen molar-refractivity contribution < 1.29 is 9.13 Å². The van der Waals surface area contributed by atoms with Gasteiger partial charge in [-0.05, 0) is 6.07 Å². The van der Waals surface area contributed by atoms with Gasteiger partial charge in [-0.3, -0.25) is 0 Å². The third-order valence-corrected chi connectivity index (χ3v) is 1.91. The lowest BCUT2D eigenvalue weighted by atomic mass is 10.2. The zero-order chi connectivity index (χ0) is 10.4. The van der Waals surface area contributed by atoms with E-state index < -0.39 is 0 Å². The molecule has 1 aromatic carbocycles. The normalized spacial score (nSPS) is 10.1. The summed E-state index contributed by atoms with van der Waals surface area (Å²) in [6, 6.07) is 6.52. The van der Waals surface area contributed by atoms with E-state index in [1.807, 2.05) is 0 Å². The number of nitrogens with two attached hydrogens (primary N) is 1. The molecule has 0 spiro atoms. The summed E-state index contributed by atoms with van der Waals surface area (Å²) in [7, 11) is 0. The van der Waals surface area contributed by atoms with Gasteiger partial charge in [0.05, 0.1) is 18.2 Å². The Morgan fingerprint density at radius 1 is 1.43 bits per heavy atom. The van der Waals surface area contributed by atoms with Crippen molar-refractivity contribution in [2.45, 2.75) is 13.0 Å². The van der Waals surface area contributed by atoms with Gasteiger partial charge in [-0.2, -0.15) is 0 Å². The molecule has 0 atom stereocenters. The van der Waals surface area contributed by atoms with Crippen molar-refractivity contribution in [3.63, 3.8) is 0 Å². The third kappa shape index (κ3) is 3.81. The summed E-state index contributed by atoms with van der Waals surface area (Å²) in [5, 5.41) is 0. The van der Waals surface area contributed by atoms with Crippen molar-refractivity contribution in [3.05, 3.63) is 35.6 Å². The van der Waals surface area contributed by atoms with Crippen LogP contribution in [0.5, 0.6) is 0 Å². The highest BCUT2D eigenvalue weighted by Crippen LogP contribution is 2.07. The van der Waals surface area contributed by atoms with Gasteiger partial charge in [-0.15, -0.1) is 0 Å². The van der Waals surface area contributed by atoms with Crippen molar-refractivity contribution in [1.82, 2.24) is 0 Å². The number of ether oxygens (including phenoxy) is 1. The molecule has 0 bridgehead atoms. The number of hydrogen-bond donors (Lipinski definition) is 1. The molecule has 0 amide bonds. The fourth-order valence-electron chi connectivity index (χ4n) is 0.970. The van der Waals surface area contributed by atoms with Gasteiger partial charge in [-0.25, -0.2) is 4.39 Å². The van der Waals surface area contributed by atoms with Gasteiger partial charge in [-0.1, -0.05) is 30.4 Å². The zero-order valence-electron chi connectivity index (χ0n) is 7.70. The molecular weight excluding hydrogens is 201 g/mol. The van der Waals surface area contributed by atoms with Crippen molar-refractivity contribution >= 4 is 17.2 Å². The SMILES string of the molecule is NC(=S)CCOCc1ccccc1F. The topological polar surface area (TPSA) is 35.2 Å². The van der Waals surface area contributed by atoms with E-state index in [1.165, 1.54) is 6.07 Å². The first-order valence-electron chi connectivity index (χ1n) is 4.29. The van der Waals surface area contributed by atoms with Gasteiger partial charge in [0.1, 0.15) is 5.82 Å². The molecule has 0 aliphatic carbocycles. The molecule has 0 saturated heterocycles. The molecular formula is C10H12FNOS. The Morgan fingerprint density at radius 3 is 2.79 bits per heavy atom. The van der Waals surface area contributed by atoms with Gasteiger partial charge < -0.3 is 10.5 Å². The molecule has 14 heavy (non-hydrogen) atoms. The first-order chi connectivity index (χ1) is 6.70. The molecule has 0 heterocycles. The minimum atomic E-state index is -0.247. The van der Waals surface area contributed by atoms with Gasteiger partial charge in [0.2, 0.25) is 0 Å². The van der Waals surface area contributed by atoms with Crippen molar-refractivity contribution in [3.8, 4) is 0 Å². The van der Waals surface area contributed by atoms with Crippen molar-refractivity contribution in [1.29, 1.82) is 0 Å². The van der Waals surface area contributed by atoms with Crippen LogP contribution < -0.4 is 5.73 Å². The summed E-state index contributed by atoms with van der Waals surface area (Å²) in [6.07, 6.45) is 0.532. The van der Waals surface area contributed by atoms with Crippen molar-refractivity contribution in [2.75, 3.05) is 6.61 Å². The predicted octanol–water partition coefficient (Wildman–Crippen LogP) is 2.02. The van der Waals surface area contributed by atoms with Crippen LogP contribution in [-0.2, 0) is 11.3 Å². The maximum Gasteiger partial charge on any atom is 0.128 e. The number of rotatable bonds is 5. The fraction of sp³-hybridized carbons (Fsp3) is 0.300. The molecule has 4 heteroatoms. The predicted molar refractivity (Wildman–Crippen MR) is 57.5 cm³/mol. The minimum absolute atomic E-state index is 0.247. The molecule has 0 radical (unpaired) electrons. The number of hydrogen-bond acceptors (Lipinski definition) is 2. The first-order valence-corrected chi connectivity index (χ1v) is 4.70. The van der Waals surface area contributed by atoms with E-state index in [1.54, 1.807) is 18.2 Å². The molecule has 0 unspecified atom stereocenters. The number of benzene rings is 1. The van der Waals surface area contributed by atoms with Crippen LogP contribution >= 0.6 is 12.2 Å². The molecule has 1 rings (SSSR count). The second-order valence-electron chi connectivity index (χ2n) is 2.86. The Hall–Kier alpha value is -1.00. The average molecular weight is 213 g/mol. The first kappa shape index (κ1) is 11.1. The Kier molecular flexibility index (Phi) is 4.49. The van der Waals surface area contributed by atoms with E-state index in [2.05, 4.69) is 12.2 Å². The maximum atomic E-state index is 13.0. The van der Waals surface area contributed by atoms with Gasteiger partial charge in [0.25, 0.3) is 0 Å². The second kappa shape index (κ2) is 5.67. The summed E-state index contributed by atoms with van der Waals surface area (Å²) >= 11 is 4.68. The summed E-state index contributed by atoms with van der Waals surface area (Å²) in [5.74, 6) is -0.247. The Morgan fingerprint density at radius 2 is 2.14 bits per heavy atom. The Bertz CT molecular complexity index is 317. The minimum Gasteiger partial charge on any atom is -0.393 e. The smallest absolute Gasteiger partial charge is 0.128 e. The molecule has 2 N–H and O–H groups in total. The summed E-state index contributed by atoms with van der Waals surface area (Å²) in [5.41, 5.74) is 5.83. The van der Waals surface area contributed by atoms with Crippen LogP contribution in [0.4, 0.5) is 4.39 Å². The average Bonchev–Trinajstić information content (AvgIpc) is 2.15. The summed E-state index contributed by atoms with van der Waals surface area (Å²) in [6.45, 7) is 0.693. The Balaban J connectivity index is 2.31. The van der Waals surface area contributed by atoms with E-state index in [4.69, 9.17) is 10.5 Å². The molecule has 2 nitrogen and oxygen atoms in total. The van der Waals surface area contributed by atoms with Crippen LogP contribution in [0, 0.1) is 5.82 Å². The van der Waals surface area contributed by atoms with Crippen LogP contribution in [0.3, 0.4) is 0 Å². The summed E-state index contributed by atoms with van der Waals surface area (Å²) < 4.78 is 18.2.